The Hall–Kier alpha value is -4.30. The molecule has 0 radical (unpaired) electrons. The van der Waals surface area contributed by atoms with Gasteiger partial charge in [0.05, 0.1) is 5.41 Å². The molecule has 0 amide bonds. The summed E-state index contributed by atoms with van der Waals surface area (Å²) in [6, 6.07) is 42.9. The first-order chi connectivity index (χ1) is 18.1. The fourth-order valence-corrected chi connectivity index (χ4v) is 6.59. The van der Waals surface area contributed by atoms with E-state index < -0.39 is 0 Å². The molecule has 180 valence electrons. The smallest absolute Gasteiger partial charge is 0.0725 e. The summed E-state index contributed by atoms with van der Waals surface area (Å²) in [5.74, 6) is 0. The van der Waals surface area contributed by atoms with E-state index in [9.17, 15) is 0 Å². The van der Waals surface area contributed by atoms with Gasteiger partial charge in [-0.3, -0.25) is 0 Å². The summed E-state index contributed by atoms with van der Waals surface area (Å²) in [6.45, 7) is 0.866. The highest BCUT2D eigenvalue weighted by atomic mass is 15.1. The minimum atomic E-state index is -0.266. The van der Waals surface area contributed by atoms with Crippen molar-refractivity contribution in [2.24, 2.45) is 0 Å². The van der Waals surface area contributed by atoms with Crippen molar-refractivity contribution < 1.29 is 0 Å². The molecule has 2 aliphatic rings. The minimum absolute atomic E-state index is 0.266. The van der Waals surface area contributed by atoms with E-state index in [-0.39, 0.29) is 5.41 Å². The van der Waals surface area contributed by atoms with E-state index >= 15 is 0 Å². The summed E-state index contributed by atoms with van der Waals surface area (Å²) in [4.78, 5) is 4.50. The second kappa shape index (κ2) is 8.11. The van der Waals surface area contributed by atoms with Crippen LogP contribution in [0.4, 0.5) is 11.4 Å². The number of rotatable bonds is 4. The molecule has 7 rings (SSSR count). The number of hydrogen-bond donors (Lipinski definition) is 0. The monoisotopic (exact) mass is 478 g/mol. The zero-order valence-corrected chi connectivity index (χ0v) is 21.6. The quantitative estimate of drug-likeness (QED) is 0.255. The third kappa shape index (κ3) is 3.05. The van der Waals surface area contributed by atoms with Crippen LogP contribution < -0.4 is 9.80 Å². The Bertz CT molecular complexity index is 1600. The van der Waals surface area contributed by atoms with Crippen LogP contribution in [0.2, 0.25) is 0 Å². The SMILES string of the molecule is CN(C)c1ccc(CN(C)c2ccc3c(c2)-c2ccccc2C32c3ccccc3-c3ccccc32)cc1. The molecule has 0 aliphatic heterocycles. The standard InChI is InChI=1S/C35H30N2/c1-36(2)25-18-16-24(17-19-25)23-37(3)26-20-21-34-30(22-26)29-12-6-9-15-33(29)35(34)31-13-7-4-10-27(31)28-11-5-8-14-32(28)35/h4-22H,23H2,1-3H3. The topological polar surface area (TPSA) is 6.48 Å². The normalized spacial score (nSPS) is 13.6. The van der Waals surface area contributed by atoms with Gasteiger partial charge in [-0.05, 0) is 74.3 Å². The number of fused-ring (bicyclic) bond motifs is 10. The van der Waals surface area contributed by atoms with Gasteiger partial charge in [0.15, 0.2) is 0 Å². The van der Waals surface area contributed by atoms with Gasteiger partial charge >= 0.3 is 0 Å². The summed E-state index contributed by atoms with van der Waals surface area (Å²) in [7, 11) is 6.35. The predicted octanol–water partition coefficient (Wildman–Crippen LogP) is 7.73. The maximum atomic E-state index is 2.40. The molecule has 0 saturated carbocycles. The fourth-order valence-electron chi connectivity index (χ4n) is 6.59. The maximum absolute atomic E-state index is 2.40. The largest absolute Gasteiger partial charge is 0.378 e. The van der Waals surface area contributed by atoms with Crippen molar-refractivity contribution in [1.29, 1.82) is 0 Å². The van der Waals surface area contributed by atoms with Crippen molar-refractivity contribution in [2.75, 3.05) is 30.9 Å². The molecule has 5 aromatic carbocycles. The Morgan fingerprint density at radius 3 is 1.49 bits per heavy atom. The van der Waals surface area contributed by atoms with Crippen molar-refractivity contribution in [3.05, 3.63) is 143 Å². The highest BCUT2D eigenvalue weighted by Crippen LogP contribution is 2.62. The van der Waals surface area contributed by atoms with Gasteiger partial charge in [-0.15, -0.1) is 0 Å². The van der Waals surface area contributed by atoms with Gasteiger partial charge in [0.1, 0.15) is 0 Å². The third-order valence-corrected chi connectivity index (χ3v) is 8.29. The molecule has 0 unspecified atom stereocenters. The van der Waals surface area contributed by atoms with Crippen LogP contribution in [0.15, 0.2) is 115 Å². The van der Waals surface area contributed by atoms with E-state index in [1.54, 1.807) is 0 Å². The van der Waals surface area contributed by atoms with Gasteiger partial charge in [-0.2, -0.15) is 0 Å². The van der Waals surface area contributed by atoms with Crippen LogP contribution in [0.3, 0.4) is 0 Å². The number of anilines is 2. The number of hydrogen-bond acceptors (Lipinski definition) is 2. The van der Waals surface area contributed by atoms with E-state index in [1.807, 2.05) is 0 Å². The van der Waals surface area contributed by atoms with Crippen molar-refractivity contribution in [2.45, 2.75) is 12.0 Å². The summed E-state index contributed by atoms with van der Waals surface area (Å²) < 4.78 is 0. The number of benzene rings is 5. The molecule has 1 spiro atoms. The van der Waals surface area contributed by atoms with E-state index in [0.29, 0.717) is 0 Å². The average molecular weight is 479 g/mol. The lowest BCUT2D eigenvalue weighted by atomic mass is 9.70. The first-order valence-electron chi connectivity index (χ1n) is 13.0. The zero-order chi connectivity index (χ0) is 25.1. The predicted molar refractivity (Wildman–Crippen MR) is 156 cm³/mol. The summed E-state index contributed by atoms with van der Waals surface area (Å²) in [5, 5.41) is 0. The second-order valence-corrected chi connectivity index (χ2v) is 10.5. The van der Waals surface area contributed by atoms with E-state index in [0.717, 1.165) is 6.54 Å². The maximum Gasteiger partial charge on any atom is 0.0725 e. The van der Waals surface area contributed by atoms with Crippen LogP contribution in [0, 0.1) is 0 Å². The molecule has 0 bridgehead atoms. The van der Waals surface area contributed by atoms with Crippen molar-refractivity contribution in [3.8, 4) is 22.3 Å². The van der Waals surface area contributed by atoms with Crippen LogP contribution in [0.25, 0.3) is 22.3 Å². The molecule has 0 aromatic heterocycles. The highest BCUT2D eigenvalue weighted by molar-refractivity contribution is 5.95. The Labute approximate surface area is 219 Å². The molecule has 0 saturated heterocycles. The van der Waals surface area contributed by atoms with Crippen molar-refractivity contribution >= 4 is 11.4 Å². The Morgan fingerprint density at radius 1 is 0.486 bits per heavy atom. The van der Waals surface area contributed by atoms with Crippen LogP contribution in [0.1, 0.15) is 27.8 Å². The van der Waals surface area contributed by atoms with E-state index in [2.05, 4.69) is 146 Å². The molecule has 0 atom stereocenters. The Morgan fingerprint density at radius 2 is 0.946 bits per heavy atom. The van der Waals surface area contributed by atoms with Gasteiger partial charge in [0.2, 0.25) is 0 Å². The van der Waals surface area contributed by atoms with E-state index in [1.165, 1.54) is 61.4 Å². The van der Waals surface area contributed by atoms with E-state index in [4.69, 9.17) is 0 Å². The molecule has 2 aliphatic carbocycles. The second-order valence-electron chi connectivity index (χ2n) is 10.5. The number of nitrogens with zero attached hydrogens (tertiary/aromatic N) is 2. The first kappa shape index (κ1) is 21.9. The first-order valence-corrected chi connectivity index (χ1v) is 13.0. The van der Waals surface area contributed by atoms with Crippen molar-refractivity contribution in [1.82, 2.24) is 0 Å². The minimum Gasteiger partial charge on any atom is -0.378 e. The van der Waals surface area contributed by atoms with Crippen LogP contribution >= 0.6 is 0 Å². The molecule has 0 N–H and O–H groups in total. The fraction of sp³-hybridized carbons (Fsp3) is 0.143. The molecule has 0 fully saturated rings. The molecule has 2 heteroatoms. The Kier molecular flexibility index (Phi) is 4.81. The average Bonchev–Trinajstić information content (AvgIpc) is 3.40. The van der Waals surface area contributed by atoms with Gasteiger partial charge in [0, 0.05) is 39.1 Å². The van der Waals surface area contributed by atoms with Crippen molar-refractivity contribution in [3.63, 3.8) is 0 Å². The summed E-state index contributed by atoms with van der Waals surface area (Å²) >= 11 is 0. The summed E-state index contributed by atoms with van der Waals surface area (Å²) in [6.07, 6.45) is 0. The van der Waals surface area contributed by atoms with Crippen LogP contribution in [0.5, 0.6) is 0 Å². The van der Waals surface area contributed by atoms with Gasteiger partial charge in [0.25, 0.3) is 0 Å². The highest BCUT2D eigenvalue weighted by Gasteiger charge is 2.51. The molecular formula is C35H30N2. The Balaban J connectivity index is 1.37. The molecule has 5 aromatic rings. The lowest BCUT2D eigenvalue weighted by Gasteiger charge is -2.30. The zero-order valence-electron chi connectivity index (χ0n) is 21.6. The molecular weight excluding hydrogens is 448 g/mol. The third-order valence-electron chi connectivity index (χ3n) is 8.29. The van der Waals surface area contributed by atoms with Crippen LogP contribution in [-0.4, -0.2) is 21.1 Å². The van der Waals surface area contributed by atoms with Crippen LogP contribution in [-0.2, 0) is 12.0 Å². The van der Waals surface area contributed by atoms with Gasteiger partial charge < -0.3 is 9.80 Å². The molecule has 0 heterocycles. The van der Waals surface area contributed by atoms with Gasteiger partial charge in [-0.25, -0.2) is 0 Å². The summed E-state index contributed by atoms with van der Waals surface area (Å²) in [5.41, 5.74) is 14.5. The lowest BCUT2D eigenvalue weighted by molar-refractivity contribution is 0.793. The lowest BCUT2D eigenvalue weighted by Crippen LogP contribution is -2.26. The molecule has 2 nitrogen and oxygen atoms in total. The molecule has 37 heavy (non-hydrogen) atoms. The van der Waals surface area contributed by atoms with Gasteiger partial charge in [-0.1, -0.05) is 91.0 Å².